The van der Waals surface area contributed by atoms with Gasteiger partial charge in [-0.15, -0.1) is 0 Å². The molecule has 3 aliphatic heterocycles. The highest BCUT2D eigenvalue weighted by atomic mass is 19.1. The Kier molecular flexibility index (Phi) is 6.98. The van der Waals surface area contributed by atoms with Crippen LogP contribution >= 0.6 is 0 Å². The lowest BCUT2D eigenvalue weighted by Crippen LogP contribution is -2.51. The first-order valence-electron chi connectivity index (χ1n) is 14.4. The fourth-order valence-electron chi connectivity index (χ4n) is 7.11. The third-order valence-corrected chi connectivity index (χ3v) is 9.08. The van der Waals surface area contributed by atoms with E-state index >= 15 is 0 Å². The lowest BCUT2D eigenvalue weighted by molar-refractivity contribution is -0.133. The van der Waals surface area contributed by atoms with Crippen LogP contribution in [0.4, 0.5) is 21.6 Å². The van der Waals surface area contributed by atoms with Gasteiger partial charge in [-0.25, -0.2) is 14.4 Å². The molecule has 4 heterocycles. The van der Waals surface area contributed by atoms with E-state index in [1.165, 1.54) is 24.0 Å². The van der Waals surface area contributed by atoms with Crippen molar-refractivity contribution in [2.75, 3.05) is 42.5 Å². The molecule has 2 amide bonds. The molecule has 6 rings (SSSR count). The maximum Gasteiger partial charge on any atom is 0.256 e. The van der Waals surface area contributed by atoms with Gasteiger partial charge in [-0.05, 0) is 58.2 Å². The van der Waals surface area contributed by atoms with E-state index in [0.717, 1.165) is 30.8 Å². The van der Waals surface area contributed by atoms with Crippen molar-refractivity contribution in [2.24, 2.45) is 5.92 Å². The lowest BCUT2D eigenvalue weighted by Gasteiger charge is -2.41. The molecule has 1 aromatic heterocycles. The molecule has 9 nitrogen and oxygen atoms in total. The third-order valence-electron chi connectivity index (χ3n) is 9.08. The summed E-state index contributed by atoms with van der Waals surface area (Å²) in [4.78, 5) is 44.0. The zero-order valence-electron chi connectivity index (χ0n) is 23.5. The molecular weight excluding hydrogens is 509 g/mol. The molecule has 10 heteroatoms. The zero-order valence-corrected chi connectivity index (χ0v) is 23.5. The molecule has 2 saturated heterocycles. The number of anilines is 3. The van der Waals surface area contributed by atoms with Gasteiger partial charge in [0.25, 0.3) is 5.91 Å². The average molecular weight is 548 g/mol. The number of carbonyl (C=O) groups excluding carboxylic acids is 2. The van der Waals surface area contributed by atoms with Gasteiger partial charge in [-0.1, -0.05) is 12.2 Å². The number of rotatable bonds is 6. The first-order chi connectivity index (χ1) is 19.3. The Balaban J connectivity index is 1.24. The van der Waals surface area contributed by atoms with E-state index in [2.05, 4.69) is 26.8 Å². The largest absolute Gasteiger partial charge is 0.348 e. The van der Waals surface area contributed by atoms with Crippen LogP contribution in [0, 0.1) is 11.7 Å². The fourth-order valence-corrected chi connectivity index (χ4v) is 7.11. The Morgan fingerprint density at radius 3 is 2.77 bits per heavy atom. The molecule has 40 heavy (non-hydrogen) atoms. The molecule has 1 aliphatic carbocycles. The van der Waals surface area contributed by atoms with Crippen molar-refractivity contribution in [3.05, 3.63) is 54.3 Å². The number of aromatic nitrogens is 2. The number of halogens is 1. The summed E-state index contributed by atoms with van der Waals surface area (Å²) < 4.78 is 14.4. The Morgan fingerprint density at radius 2 is 2.05 bits per heavy atom. The second-order valence-electron chi connectivity index (χ2n) is 11.7. The number of benzene rings is 1. The maximum atomic E-state index is 14.4. The molecule has 2 aromatic rings. The summed E-state index contributed by atoms with van der Waals surface area (Å²) in [5.41, 5.74) is 2.95. The summed E-state index contributed by atoms with van der Waals surface area (Å²) in [5, 5.41) is 3.52. The van der Waals surface area contributed by atoms with Crippen LogP contribution < -0.4 is 15.1 Å². The smallest absolute Gasteiger partial charge is 0.256 e. The van der Waals surface area contributed by atoms with Crippen molar-refractivity contribution in [1.29, 1.82) is 0 Å². The number of carbonyl (C=O) groups is 2. The van der Waals surface area contributed by atoms with Crippen molar-refractivity contribution in [2.45, 2.75) is 64.2 Å². The number of hydrogen-bond donors (Lipinski definition) is 1. The summed E-state index contributed by atoms with van der Waals surface area (Å²) in [6, 6.07) is 4.75. The summed E-state index contributed by atoms with van der Waals surface area (Å²) in [5.74, 6) is 0.554. The van der Waals surface area contributed by atoms with E-state index < -0.39 is 5.82 Å². The van der Waals surface area contributed by atoms with Gasteiger partial charge in [0.2, 0.25) is 5.91 Å². The molecule has 4 aliphatic rings. The van der Waals surface area contributed by atoms with Gasteiger partial charge in [0, 0.05) is 56.8 Å². The standard InChI is InChI=1S/C30H38FN7O2/c1-5-36(18(2)3)29(39)24-13-20(31)6-7-25(24)38-11-10-37(28-26(38)15-32-17-33-28)22-8-9-35(16-22)30(40)27-23-14-21(34-27)12-19(23)4/h6-7,13,15,17-18,21-23,27,34H,4-5,8-12,14,16H2,1-3H3/t21?,22-,23?,27+/m1/s1. The number of hydrogen-bond acceptors (Lipinski definition) is 7. The Bertz CT molecular complexity index is 1330. The summed E-state index contributed by atoms with van der Waals surface area (Å²) >= 11 is 0. The highest BCUT2D eigenvalue weighted by molar-refractivity contribution is 6.01. The topological polar surface area (TPSA) is 84.9 Å². The third kappa shape index (κ3) is 4.52. The quantitative estimate of drug-likeness (QED) is 0.556. The normalized spacial score (nSPS) is 25.6. The highest BCUT2D eigenvalue weighted by Gasteiger charge is 2.47. The van der Waals surface area contributed by atoms with Crippen LogP contribution in [0.25, 0.3) is 0 Å². The van der Waals surface area contributed by atoms with Crippen molar-refractivity contribution >= 4 is 29.0 Å². The molecule has 0 spiro atoms. The van der Waals surface area contributed by atoms with E-state index in [-0.39, 0.29) is 35.9 Å². The summed E-state index contributed by atoms with van der Waals surface area (Å²) in [6.07, 6.45) is 6.14. The van der Waals surface area contributed by atoms with E-state index in [1.807, 2.05) is 30.6 Å². The van der Waals surface area contributed by atoms with Gasteiger partial charge in [0.15, 0.2) is 5.82 Å². The SMILES string of the molecule is C=C1CC2CC1[C@@H](C(=O)N1CC[C@@H](N3CCN(c4ccc(F)cc4C(=O)N(CC)C(C)C)c4cncnc43)C1)N2. The van der Waals surface area contributed by atoms with Crippen LogP contribution in [-0.2, 0) is 4.79 Å². The first-order valence-corrected chi connectivity index (χ1v) is 14.4. The van der Waals surface area contributed by atoms with Crippen LogP contribution in [0.1, 0.15) is 50.4 Å². The average Bonchev–Trinajstić information content (AvgIpc) is 3.68. The zero-order chi connectivity index (χ0) is 28.1. The molecule has 3 fully saturated rings. The highest BCUT2D eigenvalue weighted by Crippen LogP contribution is 2.41. The minimum absolute atomic E-state index is 0.0122. The van der Waals surface area contributed by atoms with Gasteiger partial charge >= 0.3 is 0 Å². The fraction of sp³-hybridized carbons (Fsp3) is 0.533. The molecule has 1 N–H and O–H groups in total. The van der Waals surface area contributed by atoms with Crippen LogP contribution in [0.3, 0.4) is 0 Å². The predicted molar refractivity (Wildman–Crippen MR) is 152 cm³/mol. The van der Waals surface area contributed by atoms with E-state index in [4.69, 9.17) is 0 Å². The van der Waals surface area contributed by atoms with Gasteiger partial charge in [-0.2, -0.15) is 0 Å². The molecule has 212 valence electrons. The Hall–Kier alpha value is -3.53. The molecule has 4 atom stereocenters. The first kappa shape index (κ1) is 26.7. The maximum absolute atomic E-state index is 14.4. The molecular formula is C30H38FN7O2. The minimum Gasteiger partial charge on any atom is -0.348 e. The predicted octanol–water partition coefficient (Wildman–Crippen LogP) is 3.35. The van der Waals surface area contributed by atoms with Crippen LogP contribution in [0.15, 0.2) is 42.9 Å². The summed E-state index contributed by atoms with van der Waals surface area (Å²) in [7, 11) is 0. The van der Waals surface area contributed by atoms with Crippen molar-refractivity contribution in [3.63, 3.8) is 0 Å². The lowest BCUT2D eigenvalue weighted by atomic mass is 9.95. The molecule has 1 saturated carbocycles. The van der Waals surface area contributed by atoms with Crippen molar-refractivity contribution in [1.82, 2.24) is 25.1 Å². The van der Waals surface area contributed by atoms with Crippen LogP contribution in [0.2, 0.25) is 0 Å². The van der Waals surface area contributed by atoms with Crippen LogP contribution in [0.5, 0.6) is 0 Å². The Labute approximate surface area is 235 Å². The van der Waals surface area contributed by atoms with E-state index in [0.29, 0.717) is 50.0 Å². The minimum atomic E-state index is -0.445. The molecule has 2 bridgehead atoms. The van der Waals surface area contributed by atoms with Gasteiger partial charge in [0.05, 0.1) is 23.5 Å². The Morgan fingerprint density at radius 1 is 1.23 bits per heavy atom. The summed E-state index contributed by atoms with van der Waals surface area (Å²) in [6.45, 7) is 13.2. The number of amides is 2. The number of likely N-dealkylation sites (tertiary alicyclic amines) is 1. The second kappa shape index (κ2) is 10.5. The number of fused-ring (bicyclic) bond motifs is 3. The van der Waals surface area contributed by atoms with Gasteiger partial charge < -0.3 is 24.9 Å². The van der Waals surface area contributed by atoms with Gasteiger partial charge in [0.1, 0.15) is 17.8 Å². The van der Waals surface area contributed by atoms with Crippen molar-refractivity contribution < 1.29 is 14.0 Å². The second-order valence-corrected chi connectivity index (χ2v) is 11.7. The van der Waals surface area contributed by atoms with Crippen LogP contribution in [-0.4, -0.2) is 88.5 Å². The molecule has 0 radical (unpaired) electrons. The molecule has 1 aromatic carbocycles. The van der Waals surface area contributed by atoms with Crippen molar-refractivity contribution in [3.8, 4) is 0 Å². The van der Waals surface area contributed by atoms with Gasteiger partial charge in [-0.3, -0.25) is 9.59 Å². The number of nitrogens with one attached hydrogen (secondary N) is 1. The van der Waals surface area contributed by atoms with E-state index in [9.17, 15) is 14.0 Å². The number of nitrogens with zero attached hydrogens (tertiary/aromatic N) is 6. The molecule has 2 unspecified atom stereocenters. The number of piperidine rings is 1. The monoisotopic (exact) mass is 547 g/mol. The van der Waals surface area contributed by atoms with E-state index in [1.54, 1.807) is 17.2 Å².